The standard InChI is InChI=1S/C25H45NO5/c1-11-18(7)21(13-16(3)4)25(29)30-15-24(28)26(10)22(14-17(5)6)19(8)31-20(9)23(27)12-2/h16-18,20-22H,8,11-15H2,1-7,9-10H3. The minimum atomic E-state index is -0.610. The van der Waals surface area contributed by atoms with Gasteiger partial charge in [0.25, 0.3) is 5.91 Å². The van der Waals surface area contributed by atoms with Crippen molar-refractivity contribution in [3.8, 4) is 0 Å². The summed E-state index contributed by atoms with van der Waals surface area (Å²) in [6, 6.07) is -0.403. The van der Waals surface area contributed by atoms with Crippen LogP contribution in [0, 0.1) is 23.7 Å². The summed E-state index contributed by atoms with van der Waals surface area (Å²) in [6.45, 7) is 19.5. The zero-order chi connectivity index (χ0) is 24.3. The van der Waals surface area contributed by atoms with Gasteiger partial charge in [0.1, 0.15) is 5.76 Å². The van der Waals surface area contributed by atoms with Crippen molar-refractivity contribution in [2.24, 2.45) is 23.7 Å². The van der Waals surface area contributed by atoms with E-state index >= 15 is 0 Å². The zero-order valence-corrected chi connectivity index (χ0v) is 21.2. The lowest BCUT2D eigenvalue weighted by Crippen LogP contribution is -2.43. The first-order chi connectivity index (χ1) is 14.3. The van der Waals surface area contributed by atoms with Gasteiger partial charge in [-0.1, -0.05) is 61.5 Å². The molecule has 0 N–H and O–H groups in total. The largest absolute Gasteiger partial charge is 0.486 e. The minimum Gasteiger partial charge on any atom is -0.486 e. The van der Waals surface area contributed by atoms with Gasteiger partial charge in [0.15, 0.2) is 18.5 Å². The highest BCUT2D eigenvalue weighted by molar-refractivity contribution is 5.83. The highest BCUT2D eigenvalue weighted by Gasteiger charge is 2.30. The molecule has 4 unspecified atom stereocenters. The quantitative estimate of drug-likeness (QED) is 0.265. The molecule has 0 bridgehead atoms. The van der Waals surface area contributed by atoms with Gasteiger partial charge in [0.2, 0.25) is 0 Å². The number of amides is 1. The number of rotatable bonds is 15. The summed E-state index contributed by atoms with van der Waals surface area (Å²) >= 11 is 0. The first-order valence-corrected chi connectivity index (χ1v) is 11.7. The Bertz CT molecular complexity index is 599. The SMILES string of the molecule is C=C(OC(C)C(=O)CC)C(CC(C)C)N(C)C(=O)COC(=O)C(CC(C)C)C(C)CC. The van der Waals surface area contributed by atoms with Crippen molar-refractivity contribution in [1.82, 2.24) is 4.90 Å². The van der Waals surface area contributed by atoms with Crippen LogP contribution in [0.5, 0.6) is 0 Å². The molecular weight excluding hydrogens is 394 g/mol. The third-order valence-electron chi connectivity index (χ3n) is 5.75. The van der Waals surface area contributed by atoms with Gasteiger partial charge in [-0.15, -0.1) is 0 Å². The van der Waals surface area contributed by atoms with Crippen LogP contribution in [0.3, 0.4) is 0 Å². The number of esters is 1. The number of hydrogen-bond donors (Lipinski definition) is 0. The van der Waals surface area contributed by atoms with E-state index in [-0.39, 0.29) is 42.0 Å². The lowest BCUT2D eigenvalue weighted by molar-refractivity contribution is -0.158. The van der Waals surface area contributed by atoms with Gasteiger partial charge in [-0.3, -0.25) is 14.4 Å². The normalized spacial score (nSPS) is 15.2. The fraction of sp³-hybridized carbons (Fsp3) is 0.800. The number of ketones is 1. The molecule has 0 saturated carbocycles. The van der Waals surface area contributed by atoms with Crippen LogP contribution in [0.2, 0.25) is 0 Å². The molecule has 6 heteroatoms. The van der Waals surface area contributed by atoms with Gasteiger partial charge >= 0.3 is 5.97 Å². The van der Waals surface area contributed by atoms with Crippen molar-refractivity contribution in [2.45, 2.75) is 93.2 Å². The Balaban J connectivity index is 5.18. The van der Waals surface area contributed by atoms with E-state index in [0.717, 1.165) is 12.8 Å². The summed E-state index contributed by atoms with van der Waals surface area (Å²) in [7, 11) is 1.66. The number of Topliss-reactive ketones (excluding diaryl/α,β-unsaturated/α-hetero) is 1. The van der Waals surface area contributed by atoms with E-state index in [0.29, 0.717) is 24.5 Å². The monoisotopic (exact) mass is 439 g/mol. The molecule has 0 aromatic carbocycles. The van der Waals surface area contributed by atoms with Crippen molar-refractivity contribution in [1.29, 1.82) is 0 Å². The molecular formula is C25H45NO5. The van der Waals surface area contributed by atoms with Crippen LogP contribution in [0.25, 0.3) is 0 Å². The lowest BCUT2D eigenvalue weighted by atomic mass is 9.85. The molecule has 0 radical (unpaired) electrons. The Kier molecular flexibility index (Phi) is 13.4. The molecule has 0 aromatic rings. The van der Waals surface area contributed by atoms with Gasteiger partial charge in [0, 0.05) is 13.5 Å². The third-order valence-corrected chi connectivity index (χ3v) is 5.75. The van der Waals surface area contributed by atoms with Crippen molar-refractivity contribution in [2.75, 3.05) is 13.7 Å². The molecule has 0 aliphatic rings. The Labute approximate surface area is 189 Å². The average Bonchev–Trinajstić information content (AvgIpc) is 2.71. The Hall–Kier alpha value is -1.85. The highest BCUT2D eigenvalue weighted by Crippen LogP contribution is 2.25. The van der Waals surface area contributed by atoms with Gasteiger partial charge < -0.3 is 14.4 Å². The molecule has 180 valence electrons. The van der Waals surface area contributed by atoms with Gasteiger partial charge in [-0.05, 0) is 37.5 Å². The topological polar surface area (TPSA) is 72.9 Å². The van der Waals surface area contributed by atoms with Crippen molar-refractivity contribution in [3.63, 3.8) is 0 Å². The Morgan fingerprint density at radius 2 is 1.48 bits per heavy atom. The van der Waals surface area contributed by atoms with Gasteiger partial charge in [-0.25, -0.2) is 0 Å². The smallest absolute Gasteiger partial charge is 0.309 e. The first-order valence-electron chi connectivity index (χ1n) is 11.7. The Morgan fingerprint density at radius 3 is 1.94 bits per heavy atom. The summed E-state index contributed by atoms with van der Waals surface area (Å²) in [5.41, 5.74) is 0. The number of nitrogens with zero attached hydrogens (tertiary/aromatic N) is 1. The van der Waals surface area contributed by atoms with Crippen LogP contribution < -0.4 is 0 Å². The van der Waals surface area contributed by atoms with E-state index in [9.17, 15) is 14.4 Å². The average molecular weight is 440 g/mol. The van der Waals surface area contributed by atoms with Crippen LogP contribution in [-0.2, 0) is 23.9 Å². The summed E-state index contributed by atoms with van der Waals surface area (Å²) in [5, 5.41) is 0. The van der Waals surface area contributed by atoms with Crippen LogP contribution in [-0.4, -0.2) is 48.4 Å². The molecule has 0 aromatic heterocycles. The maximum Gasteiger partial charge on any atom is 0.309 e. The third kappa shape index (κ3) is 10.3. The van der Waals surface area contributed by atoms with Crippen molar-refractivity contribution < 1.29 is 23.9 Å². The molecule has 6 nitrogen and oxygen atoms in total. The second-order valence-corrected chi connectivity index (χ2v) is 9.43. The van der Waals surface area contributed by atoms with E-state index in [4.69, 9.17) is 9.47 Å². The van der Waals surface area contributed by atoms with Gasteiger partial charge in [-0.2, -0.15) is 0 Å². The second-order valence-electron chi connectivity index (χ2n) is 9.43. The molecule has 31 heavy (non-hydrogen) atoms. The minimum absolute atomic E-state index is 0.0198. The molecule has 0 spiro atoms. The fourth-order valence-corrected chi connectivity index (χ4v) is 3.48. The van der Waals surface area contributed by atoms with E-state index < -0.39 is 12.1 Å². The lowest BCUT2D eigenvalue weighted by Gasteiger charge is -2.32. The predicted molar refractivity (Wildman–Crippen MR) is 124 cm³/mol. The molecule has 1 amide bonds. The summed E-state index contributed by atoms with van der Waals surface area (Å²) in [6.07, 6.45) is 2.01. The second kappa shape index (κ2) is 14.3. The molecule has 0 heterocycles. The van der Waals surface area contributed by atoms with Crippen LogP contribution in [0.4, 0.5) is 0 Å². The van der Waals surface area contributed by atoms with Crippen molar-refractivity contribution in [3.05, 3.63) is 12.3 Å². The van der Waals surface area contributed by atoms with Crippen LogP contribution in [0.1, 0.15) is 81.1 Å². The van der Waals surface area contributed by atoms with Crippen LogP contribution in [0.15, 0.2) is 12.3 Å². The molecule has 0 rings (SSSR count). The number of carbonyl (C=O) groups excluding carboxylic acids is 3. The molecule has 4 atom stereocenters. The number of carbonyl (C=O) groups is 3. The van der Waals surface area contributed by atoms with E-state index in [1.165, 1.54) is 4.90 Å². The van der Waals surface area contributed by atoms with E-state index in [2.05, 4.69) is 27.4 Å². The summed E-state index contributed by atoms with van der Waals surface area (Å²) < 4.78 is 11.2. The summed E-state index contributed by atoms with van der Waals surface area (Å²) in [4.78, 5) is 38.9. The molecule has 0 saturated heterocycles. The summed E-state index contributed by atoms with van der Waals surface area (Å²) in [5.74, 6) is 0.356. The fourth-order valence-electron chi connectivity index (χ4n) is 3.48. The Morgan fingerprint density at radius 1 is 0.935 bits per heavy atom. The number of likely N-dealkylation sites (N-methyl/N-ethyl adjacent to an activating group) is 1. The zero-order valence-electron chi connectivity index (χ0n) is 21.2. The van der Waals surface area contributed by atoms with E-state index in [1.54, 1.807) is 20.9 Å². The number of ether oxygens (including phenoxy) is 2. The van der Waals surface area contributed by atoms with Crippen molar-refractivity contribution >= 4 is 17.7 Å². The molecule has 0 fully saturated rings. The first kappa shape index (κ1) is 29.1. The highest BCUT2D eigenvalue weighted by atomic mass is 16.5. The maximum atomic E-state index is 12.8. The van der Waals surface area contributed by atoms with E-state index in [1.807, 2.05) is 20.8 Å². The molecule has 0 aliphatic carbocycles. The van der Waals surface area contributed by atoms with Crippen LogP contribution >= 0.6 is 0 Å². The maximum absolute atomic E-state index is 12.8. The predicted octanol–water partition coefficient (Wildman–Crippen LogP) is 5.01. The van der Waals surface area contributed by atoms with Gasteiger partial charge in [0.05, 0.1) is 12.0 Å². The molecule has 0 aliphatic heterocycles. The number of hydrogen-bond acceptors (Lipinski definition) is 5.